The minimum absolute atomic E-state index is 0.0274. The van der Waals surface area contributed by atoms with E-state index in [-0.39, 0.29) is 17.6 Å². The quantitative estimate of drug-likeness (QED) is 0.487. The molecule has 3 saturated carbocycles. The van der Waals surface area contributed by atoms with Gasteiger partial charge in [-0.1, -0.05) is 74.5 Å². The summed E-state index contributed by atoms with van der Waals surface area (Å²) in [5.74, 6) is 1.00. The Bertz CT molecular complexity index is 845. The lowest BCUT2D eigenvalue weighted by Crippen LogP contribution is -2.61. The van der Waals surface area contributed by atoms with E-state index in [0.717, 1.165) is 38.9 Å². The highest BCUT2D eigenvalue weighted by molar-refractivity contribution is 5.70. The van der Waals surface area contributed by atoms with Crippen LogP contribution in [0.25, 0.3) is 0 Å². The highest BCUT2D eigenvalue weighted by Gasteiger charge is 2.58. The van der Waals surface area contributed by atoms with Crippen LogP contribution in [-0.2, 0) is 9.53 Å². The van der Waals surface area contributed by atoms with Crippen molar-refractivity contribution in [3.05, 3.63) is 71.8 Å². The number of fused-ring (bicyclic) bond motifs is 3. The Balaban J connectivity index is 1.66. The van der Waals surface area contributed by atoms with E-state index in [1.54, 1.807) is 0 Å². The molecular weight excluding hydrogens is 408 g/mol. The van der Waals surface area contributed by atoms with Gasteiger partial charge in [-0.15, -0.1) is 0 Å². The zero-order valence-corrected chi connectivity index (χ0v) is 20.7. The summed E-state index contributed by atoms with van der Waals surface area (Å²) in [4.78, 5) is 17.7. The van der Waals surface area contributed by atoms with E-state index in [1.807, 2.05) is 0 Å². The molecule has 2 aromatic rings. The summed E-state index contributed by atoms with van der Waals surface area (Å²) in [7, 11) is 4.41. The van der Waals surface area contributed by atoms with Crippen LogP contribution in [0.1, 0.15) is 62.5 Å². The van der Waals surface area contributed by atoms with Gasteiger partial charge < -0.3 is 14.5 Å². The monoisotopic (exact) mass is 448 g/mol. The van der Waals surface area contributed by atoms with Crippen LogP contribution in [0.3, 0.4) is 0 Å². The van der Waals surface area contributed by atoms with Crippen LogP contribution >= 0.6 is 0 Å². The summed E-state index contributed by atoms with van der Waals surface area (Å²) in [5.41, 5.74) is 2.77. The summed E-state index contributed by atoms with van der Waals surface area (Å²) in [6.45, 7) is 6.99. The first-order valence-electron chi connectivity index (χ1n) is 12.7. The number of hydrogen-bond donors (Lipinski definition) is 0. The Morgan fingerprint density at radius 3 is 1.85 bits per heavy atom. The highest BCUT2D eigenvalue weighted by Crippen LogP contribution is 2.60. The van der Waals surface area contributed by atoms with Gasteiger partial charge in [0.15, 0.2) is 0 Å². The van der Waals surface area contributed by atoms with Crippen molar-refractivity contribution in [2.45, 2.75) is 63.0 Å². The third kappa shape index (κ3) is 5.02. The Morgan fingerprint density at radius 1 is 0.879 bits per heavy atom. The lowest BCUT2D eigenvalue weighted by atomic mass is 9.52. The van der Waals surface area contributed by atoms with E-state index < -0.39 is 0 Å². The molecule has 0 radical (unpaired) electrons. The van der Waals surface area contributed by atoms with Gasteiger partial charge in [-0.25, -0.2) is 0 Å². The van der Waals surface area contributed by atoms with E-state index in [0.29, 0.717) is 24.2 Å². The number of nitrogens with zero attached hydrogens (tertiary/aromatic N) is 2. The molecule has 3 atom stereocenters. The van der Waals surface area contributed by atoms with Crippen molar-refractivity contribution >= 4 is 5.97 Å². The van der Waals surface area contributed by atoms with Crippen molar-refractivity contribution in [2.24, 2.45) is 5.92 Å². The average Bonchev–Trinajstić information content (AvgIpc) is 2.85. The fourth-order valence-electron chi connectivity index (χ4n) is 6.42. The molecule has 3 fully saturated rings. The topological polar surface area (TPSA) is 32.8 Å². The summed E-state index contributed by atoms with van der Waals surface area (Å²) in [6, 6.07) is 21.8. The van der Waals surface area contributed by atoms with Gasteiger partial charge in [0, 0.05) is 24.4 Å². The summed E-state index contributed by atoms with van der Waals surface area (Å²) in [6.07, 6.45) is 3.56. The van der Waals surface area contributed by atoms with Gasteiger partial charge in [-0.2, -0.15) is 0 Å². The maximum atomic E-state index is 13.0. The van der Waals surface area contributed by atoms with Gasteiger partial charge in [0.2, 0.25) is 0 Å². The molecule has 2 aromatic carbocycles. The minimum atomic E-state index is -0.0606. The lowest BCUT2D eigenvalue weighted by Gasteiger charge is -2.60. The van der Waals surface area contributed by atoms with Crippen LogP contribution < -0.4 is 0 Å². The molecule has 3 aliphatic rings. The van der Waals surface area contributed by atoms with Gasteiger partial charge in [0.25, 0.3) is 0 Å². The third-order valence-corrected chi connectivity index (χ3v) is 8.35. The molecule has 5 rings (SSSR count). The maximum absolute atomic E-state index is 13.0. The first-order valence-corrected chi connectivity index (χ1v) is 12.7. The first-order chi connectivity index (χ1) is 16.0. The fourth-order valence-corrected chi connectivity index (χ4v) is 6.42. The first kappa shape index (κ1) is 24.0. The Hall–Kier alpha value is -2.17. The Morgan fingerprint density at radius 2 is 1.39 bits per heavy atom. The van der Waals surface area contributed by atoms with Crippen LogP contribution in [0.5, 0.6) is 0 Å². The standard InChI is InChI=1S/C29H40N2O2/c1-5-31(6-2)18-17-27(32)33-26-21-29(30(3)4)19-24(22-13-9-7-10-14-22)28(26)25(20-29)23-15-11-8-12-16-23/h7-16,24-26,28H,5-6,17-21H2,1-4H3/t24-,25-,26-,28?,29?/m0/s1. The van der Waals surface area contributed by atoms with Gasteiger partial charge in [0.1, 0.15) is 6.10 Å². The zero-order valence-electron chi connectivity index (χ0n) is 20.7. The van der Waals surface area contributed by atoms with E-state index >= 15 is 0 Å². The number of rotatable bonds is 9. The molecular formula is C29H40N2O2. The molecule has 0 aromatic heterocycles. The largest absolute Gasteiger partial charge is 0.462 e. The second-order valence-electron chi connectivity index (χ2n) is 10.1. The van der Waals surface area contributed by atoms with E-state index in [2.05, 4.69) is 98.4 Å². The molecule has 0 spiro atoms. The molecule has 0 aliphatic heterocycles. The average molecular weight is 449 g/mol. The van der Waals surface area contributed by atoms with Gasteiger partial charge >= 0.3 is 5.97 Å². The van der Waals surface area contributed by atoms with E-state index in [9.17, 15) is 4.79 Å². The van der Waals surface area contributed by atoms with Crippen molar-refractivity contribution < 1.29 is 9.53 Å². The third-order valence-electron chi connectivity index (χ3n) is 8.35. The Labute approximate surface area is 199 Å². The normalized spacial score (nSPS) is 28.9. The molecule has 0 amide bonds. The van der Waals surface area contributed by atoms with Crippen LogP contribution in [-0.4, -0.2) is 61.1 Å². The molecule has 4 heteroatoms. The number of ether oxygens (including phenoxy) is 1. The highest BCUT2D eigenvalue weighted by atomic mass is 16.5. The number of benzene rings is 2. The van der Waals surface area contributed by atoms with Crippen molar-refractivity contribution in [1.82, 2.24) is 9.80 Å². The predicted octanol–water partition coefficient (Wildman–Crippen LogP) is 5.31. The molecule has 0 N–H and O–H groups in total. The second-order valence-corrected chi connectivity index (χ2v) is 10.1. The van der Waals surface area contributed by atoms with E-state index in [1.165, 1.54) is 11.1 Å². The van der Waals surface area contributed by atoms with Crippen LogP contribution in [0.4, 0.5) is 0 Å². The van der Waals surface area contributed by atoms with Crippen LogP contribution in [0, 0.1) is 5.92 Å². The van der Waals surface area contributed by atoms with E-state index in [4.69, 9.17) is 4.74 Å². The molecule has 33 heavy (non-hydrogen) atoms. The van der Waals surface area contributed by atoms with Crippen molar-refractivity contribution in [1.29, 1.82) is 0 Å². The smallest absolute Gasteiger partial charge is 0.307 e. The van der Waals surface area contributed by atoms with Crippen LogP contribution in [0.15, 0.2) is 60.7 Å². The molecule has 0 heterocycles. The number of carbonyl (C=O) groups excluding carboxylic acids is 1. The number of carbonyl (C=O) groups is 1. The fraction of sp³-hybridized carbons (Fsp3) is 0.552. The molecule has 3 aliphatic carbocycles. The van der Waals surface area contributed by atoms with Gasteiger partial charge in [-0.3, -0.25) is 4.79 Å². The van der Waals surface area contributed by atoms with Crippen molar-refractivity contribution in [3.63, 3.8) is 0 Å². The lowest BCUT2D eigenvalue weighted by molar-refractivity contribution is -0.167. The SMILES string of the molecule is CCN(CC)CCC(=O)O[C@H]1CC2(N(C)C)C[C@@H](c3ccccc3)C1[C@H](c1ccccc1)C2. The molecule has 2 bridgehead atoms. The minimum Gasteiger partial charge on any atom is -0.462 e. The maximum Gasteiger partial charge on any atom is 0.307 e. The zero-order chi connectivity index (χ0) is 23.4. The number of hydrogen-bond acceptors (Lipinski definition) is 4. The molecule has 4 nitrogen and oxygen atoms in total. The molecule has 178 valence electrons. The van der Waals surface area contributed by atoms with Gasteiger partial charge in [-0.05, 0) is 63.0 Å². The predicted molar refractivity (Wildman–Crippen MR) is 134 cm³/mol. The van der Waals surface area contributed by atoms with Crippen molar-refractivity contribution in [3.8, 4) is 0 Å². The number of esters is 1. The van der Waals surface area contributed by atoms with Crippen LogP contribution in [0.2, 0.25) is 0 Å². The Kier molecular flexibility index (Phi) is 7.55. The summed E-state index contributed by atoms with van der Waals surface area (Å²) in [5, 5.41) is 0. The summed E-state index contributed by atoms with van der Waals surface area (Å²) < 4.78 is 6.35. The summed E-state index contributed by atoms with van der Waals surface area (Å²) >= 11 is 0. The van der Waals surface area contributed by atoms with Crippen molar-refractivity contribution in [2.75, 3.05) is 33.7 Å². The molecule has 0 unspecified atom stereocenters. The second kappa shape index (κ2) is 10.4. The molecule has 0 saturated heterocycles. The van der Waals surface area contributed by atoms with Gasteiger partial charge in [0.05, 0.1) is 6.42 Å².